The maximum absolute atomic E-state index is 12.4. The largest absolute Gasteiger partial charge is 0.348 e. The first-order chi connectivity index (χ1) is 11.4. The number of nitrogens with zero attached hydrogens (tertiary/aromatic N) is 2. The molecule has 0 aliphatic carbocycles. The summed E-state index contributed by atoms with van der Waals surface area (Å²) in [6, 6.07) is 12.2. The fraction of sp³-hybridized carbons (Fsp3) is 0.235. The number of nitro benzene ring substituents is 1. The molecule has 0 aromatic heterocycles. The number of rotatable bonds is 6. The van der Waals surface area contributed by atoms with E-state index in [0.29, 0.717) is 15.7 Å². The second-order valence-electron chi connectivity index (χ2n) is 5.61. The van der Waals surface area contributed by atoms with Crippen LogP contribution >= 0.6 is 22.6 Å². The number of hydrogen-bond acceptors (Lipinski definition) is 4. The highest BCUT2D eigenvalue weighted by Crippen LogP contribution is 2.20. The molecule has 0 fully saturated rings. The van der Waals surface area contributed by atoms with Crippen LogP contribution in [0.4, 0.5) is 5.69 Å². The van der Waals surface area contributed by atoms with Crippen molar-refractivity contribution in [1.82, 2.24) is 10.2 Å². The lowest BCUT2D eigenvalue weighted by Gasteiger charge is -2.15. The Morgan fingerprint density at radius 1 is 1.21 bits per heavy atom. The van der Waals surface area contributed by atoms with Crippen molar-refractivity contribution in [2.75, 3.05) is 14.1 Å². The molecule has 1 N–H and O–H groups in total. The maximum atomic E-state index is 12.4. The van der Waals surface area contributed by atoms with Crippen LogP contribution in [0.1, 0.15) is 21.5 Å². The van der Waals surface area contributed by atoms with E-state index in [0.717, 1.165) is 17.7 Å². The third kappa shape index (κ3) is 4.75. The van der Waals surface area contributed by atoms with Crippen LogP contribution in [0.5, 0.6) is 0 Å². The van der Waals surface area contributed by atoms with E-state index in [2.05, 4.69) is 10.2 Å². The van der Waals surface area contributed by atoms with Crippen molar-refractivity contribution in [3.05, 3.63) is 72.8 Å². The Kier molecular flexibility index (Phi) is 6.27. The van der Waals surface area contributed by atoms with Gasteiger partial charge in [-0.1, -0.05) is 24.3 Å². The van der Waals surface area contributed by atoms with Gasteiger partial charge in [0.2, 0.25) is 0 Å². The molecular weight excluding hydrogens is 421 g/mol. The van der Waals surface area contributed by atoms with E-state index < -0.39 is 4.92 Å². The van der Waals surface area contributed by atoms with Crippen LogP contribution in [0.2, 0.25) is 0 Å². The van der Waals surface area contributed by atoms with E-state index in [-0.39, 0.29) is 11.6 Å². The van der Waals surface area contributed by atoms with Gasteiger partial charge in [-0.15, -0.1) is 0 Å². The van der Waals surface area contributed by atoms with E-state index in [4.69, 9.17) is 0 Å². The Labute approximate surface area is 154 Å². The average Bonchev–Trinajstić information content (AvgIpc) is 2.53. The normalized spacial score (nSPS) is 10.7. The zero-order valence-corrected chi connectivity index (χ0v) is 15.6. The van der Waals surface area contributed by atoms with Crippen molar-refractivity contribution in [3.63, 3.8) is 0 Å². The second kappa shape index (κ2) is 8.20. The van der Waals surface area contributed by atoms with E-state index in [1.807, 2.05) is 61.0 Å². The molecule has 0 saturated heterocycles. The Morgan fingerprint density at radius 3 is 2.50 bits per heavy atom. The minimum absolute atomic E-state index is 0.0893. The molecule has 0 aliphatic rings. The molecule has 0 aliphatic heterocycles. The van der Waals surface area contributed by atoms with Gasteiger partial charge >= 0.3 is 0 Å². The Bertz CT molecular complexity index is 762. The number of amides is 1. The molecule has 6 nitrogen and oxygen atoms in total. The van der Waals surface area contributed by atoms with Crippen molar-refractivity contribution >= 4 is 34.2 Å². The molecule has 7 heteroatoms. The van der Waals surface area contributed by atoms with Gasteiger partial charge in [-0.3, -0.25) is 14.9 Å². The summed E-state index contributed by atoms with van der Waals surface area (Å²) < 4.78 is 0.678. The molecule has 1 amide bonds. The van der Waals surface area contributed by atoms with Crippen LogP contribution < -0.4 is 5.32 Å². The van der Waals surface area contributed by atoms with Gasteiger partial charge in [0.25, 0.3) is 11.6 Å². The first-order valence-electron chi connectivity index (χ1n) is 7.32. The quantitative estimate of drug-likeness (QED) is 0.426. The minimum Gasteiger partial charge on any atom is -0.348 e. The number of nitrogens with one attached hydrogen (secondary N) is 1. The monoisotopic (exact) mass is 439 g/mol. The van der Waals surface area contributed by atoms with Crippen LogP contribution in [-0.4, -0.2) is 29.8 Å². The molecule has 2 aromatic rings. The summed E-state index contributed by atoms with van der Waals surface area (Å²) in [6.45, 7) is 1.15. The summed E-state index contributed by atoms with van der Waals surface area (Å²) in [7, 11) is 3.97. The number of hydrogen-bond donors (Lipinski definition) is 1. The van der Waals surface area contributed by atoms with Gasteiger partial charge in [0, 0.05) is 28.8 Å². The predicted octanol–water partition coefficient (Wildman–Crippen LogP) is 3.19. The van der Waals surface area contributed by atoms with Gasteiger partial charge in [0.1, 0.15) is 0 Å². The predicted molar refractivity (Wildman–Crippen MR) is 101 cm³/mol. The third-order valence-electron chi connectivity index (χ3n) is 3.45. The molecule has 0 spiro atoms. The highest BCUT2D eigenvalue weighted by Gasteiger charge is 2.15. The van der Waals surface area contributed by atoms with E-state index >= 15 is 0 Å². The van der Waals surface area contributed by atoms with Crippen LogP contribution in [0.3, 0.4) is 0 Å². The lowest BCUT2D eigenvalue weighted by atomic mass is 10.1. The van der Waals surface area contributed by atoms with Gasteiger partial charge in [0.15, 0.2) is 0 Å². The molecule has 0 radical (unpaired) electrons. The first kappa shape index (κ1) is 18.3. The number of nitro groups is 1. The van der Waals surface area contributed by atoms with Crippen molar-refractivity contribution in [2.45, 2.75) is 13.1 Å². The van der Waals surface area contributed by atoms with Crippen molar-refractivity contribution in [3.8, 4) is 0 Å². The van der Waals surface area contributed by atoms with E-state index in [1.165, 1.54) is 12.1 Å². The van der Waals surface area contributed by atoms with Crippen molar-refractivity contribution in [2.24, 2.45) is 0 Å². The van der Waals surface area contributed by atoms with Gasteiger partial charge in [0.05, 0.1) is 10.5 Å². The molecule has 0 bridgehead atoms. The summed E-state index contributed by atoms with van der Waals surface area (Å²) in [5.74, 6) is -0.317. The number of carbonyl (C=O) groups is 1. The van der Waals surface area contributed by atoms with Crippen LogP contribution in [0, 0.1) is 13.7 Å². The zero-order chi connectivity index (χ0) is 17.7. The van der Waals surface area contributed by atoms with E-state index in [1.54, 1.807) is 6.07 Å². The van der Waals surface area contributed by atoms with Crippen LogP contribution in [-0.2, 0) is 13.1 Å². The number of benzene rings is 2. The molecule has 2 rings (SSSR count). The standard InChI is InChI=1S/C17H18IN3O3/c1-20(2)11-13-6-4-3-5-12(13)10-19-17(22)15-9-14(21(23)24)7-8-16(15)18/h3-9H,10-11H2,1-2H3,(H,19,22). The molecule has 0 heterocycles. The summed E-state index contributed by atoms with van der Waals surface area (Å²) in [4.78, 5) is 24.8. The van der Waals surface area contributed by atoms with Crippen LogP contribution in [0.25, 0.3) is 0 Å². The summed E-state index contributed by atoms with van der Waals surface area (Å²) >= 11 is 2.00. The fourth-order valence-electron chi connectivity index (χ4n) is 2.30. The second-order valence-corrected chi connectivity index (χ2v) is 6.77. The van der Waals surface area contributed by atoms with E-state index in [9.17, 15) is 14.9 Å². The Morgan fingerprint density at radius 2 is 1.88 bits per heavy atom. The zero-order valence-electron chi connectivity index (χ0n) is 13.5. The molecule has 126 valence electrons. The SMILES string of the molecule is CN(C)Cc1ccccc1CNC(=O)c1cc([N+](=O)[O-])ccc1I. The Hall–Kier alpha value is -2.00. The topological polar surface area (TPSA) is 75.5 Å². The Balaban J connectivity index is 2.14. The molecule has 2 aromatic carbocycles. The molecular formula is C17H18IN3O3. The highest BCUT2D eigenvalue weighted by atomic mass is 127. The fourth-order valence-corrected chi connectivity index (χ4v) is 2.88. The molecule has 0 atom stereocenters. The van der Waals surface area contributed by atoms with Gasteiger partial charge in [-0.2, -0.15) is 0 Å². The average molecular weight is 439 g/mol. The highest BCUT2D eigenvalue weighted by molar-refractivity contribution is 14.1. The number of non-ortho nitro benzene ring substituents is 1. The molecule has 0 unspecified atom stereocenters. The summed E-state index contributed by atoms with van der Waals surface area (Å²) in [5, 5.41) is 13.7. The first-order valence-corrected chi connectivity index (χ1v) is 8.40. The molecule has 24 heavy (non-hydrogen) atoms. The number of carbonyl (C=O) groups excluding carboxylic acids is 1. The number of halogens is 1. The third-order valence-corrected chi connectivity index (χ3v) is 4.39. The van der Waals surface area contributed by atoms with Gasteiger partial charge in [-0.25, -0.2) is 0 Å². The van der Waals surface area contributed by atoms with Crippen molar-refractivity contribution in [1.29, 1.82) is 0 Å². The van der Waals surface area contributed by atoms with Gasteiger partial charge in [-0.05, 0) is 53.9 Å². The minimum atomic E-state index is -0.501. The van der Waals surface area contributed by atoms with Crippen molar-refractivity contribution < 1.29 is 9.72 Å². The molecule has 0 saturated carbocycles. The van der Waals surface area contributed by atoms with Gasteiger partial charge < -0.3 is 10.2 Å². The summed E-state index contributed by atoms with van der Waals surface area (Å²) in [5.41, 5.74) is 2.39. The summed E-state index contributed by atoms with van der Waals surface area (Å²) in [6.07, 6.45) is 0. The smallest absolute Gasteiger partial charge is 0.270 e. The van der Waals surface area contributed by atoms with Crippen LogP contribution in [0.15, 0.2) is 42.5 Å². The maximum Gasteiger partial charge on any atom is 0.270 e. The lowest BCUT2D eigenvalue weighted by molar-refractivity contribution is -0.384. The lowest BCUT2D eigenvalue weighted by Crippen LogP contribution is -2.25.